The molecule has 124 valence electrons. The molecule has 0 fully saturated rings. The third kappa shape index (κ3) is 5.03. The molecule has 0 unspecified atom stereocenters. The van der Waals surface area contributed by atoms with Crippen LogP contribution in [0.5, 0.6) is 0 Å². The second-order valence-electron chi connectivity index (χ2n) is 6.21. The number of hydrogen-bond donors (Lipinski definition) is 0. The van der Waals surface area contributed by atoms with Crippen molar-refractivity contribution in [2.24, 2.45) is 0 Å². The van der Waals surface area contributed by atoms with E-state index < -0.39 is 11.7 Å². The number of methoxy groups -OCH3 is 1. The Morgan fingerprint density at radius 3 is 2.39 bits per heavy atom. The molecule has 0 atom stereocenters. The van der Waals surface area contributed by atoms with E-state index >= 15 is 0 Å². The molecule has 23 heavy (non-hydrogen) atoms. The maximum Gasteiger partial charge on any atom is 0.414 e. The highest BCUT2D eigenvalue weighted by Crippen LogP contribution is 2.24. The molecule has 0 radical (unpaired) electrons. The summed E-state index contributed by atoms with van der Waals surface area (Å²) in [5, 5.41) is 0. The summed E-state index contributed by atoms with van der Waals surface area (Å²) in [6, 6.07) is 3.47. The van der Waals surface area contributed by atoms with Gasteiger partial charge >= 0.3 is 12.1 Å². The van der Waals surface area contributed by atoms with Crippen LogP contribution in [0.1, 0.15) is 37.5 Å². The Kier molecular flexibility index (Phi) is 5.80. The monoisotopic (exact) mass is 317 g/mol. The van der Waals surface area contributed by atoms with E-state index in [-0.39, 0.29) is 12.4 Å². The van der Waals surface area contributed by atoms with Crippen molar-refractivity contribution in [1.29, 1.82) is 0 Å². The van der Waals surface area contributed by atoms with Gasteiger partial charge in [-0.1, -0.05) is 5.92 Å². The fraction of sp³-hybridized carbons (Fsp3) is 0.444. The number of amides is 1. The molecule has 0 saturated heterocycles. The van der Waals surface area contributed by atoms with Gasteiger partial charge in [0, 0.05) is 18.3 Å². The maximum absolute atomic E-state index is 12.2. The van der Waals surface area contributed by atoms with Crippen LogP contribution in [-0.2, 0) is 20.7 Å². The van der Waals surface area contributed by atoms with Crippen molar-refractivity contribution in [2.45, 2.75) is 39.7 Å². The van der Waals surface area contributed by atoms with Crippen molar-refractivity contribution < 1.29 is 19.1 Å². The fourth-order valence-corrected chi connectivity index (χ4v) is 1.95. The van der Waals surface area contributed by atoms with Crippen LogP contribution in [0.25, 0.3) is 0 Å². The lowest BCUT2D eigenvalue weighted by Gasteiger charge is -2.25. The zero-order chi connectivity index (χ0) is 17.8. The van der Waals surface area contributed by atoms with Crippen molar-refractivity contribution >= 4 is 17.7 Å². The van der Waals surface area contributed by atoms with E-state index in [2.05, 4.69) is 5.92 Å². The predicted molar refractivity (Wildman–Crippen MR) is 89.5 cm³/mol. The molecule has 5 heteroatoms. The van der Waals surface area contributed by atoms with Crippen LogP contribution in [-0.4, -0.2) is 31.8 Å². The molecule has 0 spiro atoms. The van der Waals surface area contributed by atoms with E-state index in [9.17, 15) is 9.59 Å². The lowest BCUT2D eigenvalue weighted by Crippen LogP contribution is -2.34. The molecule has 5 nitrogen and oxygen atoms in total. The lowest BCUT2D eigenvalue weighted by molar-refractivity contribution is -0.139. The fourth-order valence-electron chi connectivity index (χ4n) is 1.95. The lowest BCUT2D eigenvalue weighted by atomic mass is 9.99. The number of ether oxygens (including phenoxy) is 2. The van der Waals surface area contributed by atoms with Crippen LogP contribution in [0, 0.1) is 19.3 Å². The molecule has 0 aliphatic carbocycles. The highest BCUT2D eigenvalue weighted by atomic mass is 16.6. The number of nitrogens with zero attached hydrogens (tertiary/aromatic N) is 1. The van der Waals surface area contributed by atoms with Gasteiger partial charge in [-0.2, -0.15) is 0 Å². The van der Waals surface area contributed by atoms with Crippen molar-refractivity contribution in [3.63, 3.8) is 0 Å². The van der Waals surface area contributed by atoms with E-state index in [1.54, 1.807) is 40.0 Å². The second-order valence-corrected chi connectivity index (χ2v) is 6.21. The molecule has 0 aromatic heterocycles. The van der Waals surface area contributed by atoms with E-state index in [1.165, 1.54) is 12.0 Å². The molecule has 0 N–H and O–H groups in total. The van der Waals surface area contributed by atoms with Gasteiger partial charge in [-0.3, -0.25) is 9.69 Å². The number of rotatable bonds is 3. The van der Waals surface area contributed by atoms with Crippen molar-refractivity contribution in [2.75, 3.05) is 19.1 Å². The summed E-state index contributed by atoms with van der Waals surface area (Å²) < 4.78 is 10.0. The zero-order valence-electron chi connectivity index (χ0n) is 14.5. The van der Waals surface area contributed by atoms with Crippen LogP contribution in [0.3, 0.4) is 0 Å². The molecule has 1 rings (SSSR count). The Morgan fingerprint density at radius 1 is 1.30 bits per heavy atom. The smallest absolute Gasteiger partial charge is 0.414 e. The topological polar surface area (TPSA) is 55.8 Å². The SMILES string of the molecule is C#Cc1cc(N(C)C(=O)OC(C)(C)C)cc(CC(=O)OC)c1C. The molecule has 0 heterocycles. The summed E-state index contributed by atoms with van der Waals surface area (Å²) in [7, 11) is 2.93. The molecule has 1 aromatic rings. The summed E-state index contributed by atoms with van der Waals surface area (Å²) in [4.78, 5) is 25.1. The Labute approximate surface area is 137 Å². The number of benzene rings is 1. The molecule has 1 aromatic carbocycles. The van der Waals surface area contributed by atoms with Crippen LogP contribution >= 0.6 is 0 Å². The number of esters is 1. The molecule has 0 saturated carbocycles. The summed E-state index contributed by atoms with van der Waals surface area (Å²) in [6.45, 7) is 7.22. The first-order valence-corrected chi connectivity index (χ1v) is 7.22. The van der Waals surface area contributed by atoms with Crippen LogP contribution in [0.2, 0.25) is 0 Å². The van der Waals surface area contributed by atoms with Crippen molar-refractivity contribution in [3.8, 4) is 12.3 Å². The van der Waals surface area contributed by atoms with Gasteiger partial charge in [-0.05, 0) is 51.0 Å². The van der Waals surface area contributed by atoms with Gasteiger partial charge in [0.2, 0.25) is 0 Å². The maximum atomic E-state index is 12.2. The largest absolute Gasteiger partial charge is 0.469 e. The van der Waals surface area contributed by atoms with Gasteiger partial charge in [-0.15, -0.1) is 6.42 Å². The summed E-state index contributed by atoms with van der Waals surface area (Å²) in [5.41, 5.74) is 2.13. The second kappa shape index (κ2) is 7.19. The molecular weight excluding hydrogens is 294 g/mol. The van der Waals surface area contributed by atoms with E-state index in [0.29, 0.717) is 11.3 Å². The zero-order valence-corrected chi connectivity index (χ0v) is 14.5. The molecule has 0 bridgehead atoms. The van der Waals surface area contributed by atoms with Gasteiger partial charge in [0.25, 0.3) is 0 Å². The average molecular weight is 317 g/mol. The van der Waals surface area contributed by atoms with Crippen LogP contribution in [0.4, 0.5) is 10.5 Å². The minimum Gasteiger partial charge on any atom is -0.469 e. The minimum absolute atomic E-state index is 0.0903. The third-order valence-corrected chi connectivity index (χ3v) is 3.27. The van der Waals surface area contributed by atoms with Crippen LogP contribution in [0.15, 0.2) is 12.1 Å². The first kappa shape index (κ1) is 18.6. The first-order valence-electron chi connectivity index (χ1n) is 7.22. The van der Waals surface area contributed by atoms with E-state index in [1.807, 2.05) is 6.92 Å². The first-order chi connectivity index (χ1) is 10.6. The quantitative estimate of drug-likeness (QED) is 0.635. The van der Waals surface area contributed by atoms with Gasteiger partial charge < -0.3 is 9.47 Å². The van der Waals surface area contributed by atoms with Crippen LogP contribution < -0.4 is 4.90 Å². The third-order valence-electron chi connectivity index (χ3n) is 3.27. The summed E-state index contributed by atoms with van der Waals surface area (Å²) >= 11 is 0. The number of carbonyl (C=O) groups is 2. The van der Waals surface area contributed by atoms with Gasteiger partial charge in [-0.25, -0.2) is 4.79 Å². The van der Waals surface area contributed by atoms with Gasteiger partial charge in [0.1, 0.15) is 5.60 Å². The van der Waals surface area contributed by atoms with Gasteiger partial charge in [0.15, 0.2) is 0 Å². The van der Waals surface area contributed by atoms with E-state index in [0.717, 1.165) is 11.1 Å². The van der Waals surface area contributed by atoms with Crippen molar-refractivity contribution in [1.82, 2.24) is 0 Å². The summed E-state index contributed by atoms with van der Waals surface area (Å²) in [6.07, 6.45) is 5.13. The average Bonchev–Trinajstić information content (AvgIpc) is 2.46. The minimum atomic E-state index is -0.597. The highest BCUT2D eigenvalue weighted by molar-refractivity contribution is 5.88. The van der Waals surface area contributed by atoms with Gasteiger partial charge in [0.05, 0.1) is 13.5 Å². The van der Waals surface area contributed by atoms with Crippen molar-refractivity contribution in [3.05, 3.63) is 28.8 Å². The Bertz CT molecular complexity index is 650. The Balaban J connectivity index is 3.21. The highest BCUT2D eigenvalue weighted by Gasteiger charge is 2.22. The molecular formula is C18H23NO4. The number of carbonyl (C=O) groups excluding carboxylic acids is 2. The Morgan fingerprint density at radius 2 is 1.91 bits per heavy atom. The number of terminal acetylenes is 1. The standard InChI is InChI=1S/C18H23NO4/c1-8-13-9-15(19(6)17(21)23-18(3,4)5)10-14(12(13)2)11-16(20)22-7/h1,9-10H,11H2,2-7H3. The number of hydrogen-bond acceptors (Lipinski definition) is 4. The van der Waals surface area contributed by atoms with E-state index in [4.69, 9.17) is 15.9 Å². The Hall–Kier alpha value is -2.48. The molecule has 1 amide bonds. The normalized spacial score (nSPS) is 10.7. The predicted octanol–water partition coefficient (Wildman–Crippen LogP) is 3.06. The molecule has 0 aliphatic heterocycles. The molecule has 0 aliphatic rings. The number of anilines is 1. The summed E-state index contributed by atoms with van der Waals surface area (Å²) in [5.74, 6) is 2.21.